The van der Waals surface area contributed by atoms with Crippen LogP contribution in [0.25, 0.3) is 16.6 Å². The maximum atomic E-state index is 5.98. The molecular weight excluding hydrogens is 330 g/mol. The number of ether oxygens (including phenoxy) is 1. The molecule has 5 heteroatoms. The van der Waals surface area contributed by atoms with E-state index in [2.05, 4.69) is 42.4 Å². The molecule has 0 radical (unpaired) electrons. The van der Waals surface area contributed by atoms with E-state index in [0.717, 1.165) is 38.9 Å². The molecule has 5 rings (SSSR count). The number of fused-ring (bicyclic) bond motifs is 6. The molecule has 0 bridgehead atoms. The smallest absolute Gasteiger partial charge is 0.241 e. The molecule has 0 saturated heterocycles. The summed E-state index contributed by atoms with van der Waals surface area (Å²) in [6.45, 7) is 0. The molecule has 1 aromatic carbocycles. The lowest BCUT2D eigenvalue weighted by Gasteiger charge is -2.16. The van der Waals surface area contributed by atoms with E-state index in [-0.39, 0.29) is 0 Å². The lowest BCUT2D eigenvalue weighted by atomic mass is 10.1. The number of rotatable bonds is 0. The maximum Gasteiger partial charge on any atom is 0.241 e. The average molecular weight is 340 g/mol. The van der Waals surface area contributed by atoms with Crippen LogP contribution in [0.5, 0.6) is 11.6 Å². The molecule has 0 spiro atoms. The third kappa shape index (κ3) is 1.52. The summed E-state index contributed by atoms with van der Waals surface area (Å²) in [7, 11) is 0. The van der Waals surface area contributed by atoms with Crippen LogP contribution < -0.4 is 4.74 Å². The summed E-state index contributed by atoms with van der Waals surface area (Å²) in [4.78, 5) is 7.90. The highest BCUT2D eigenvalue weighted by Crippen LogP contribution is 2.38. The standard InChI is InChI=1S/C16H10BrN3O/c17-10-1-2-14-9(7-10)8-13-16(21-14)19-15-11-3-5-18-12(11)4-6-20(13)15/h1-7,18H,8H2. The monoisotopic (exact) mass is 339 g/mol. The van der Waals surface area contributed by atoms with Gasteiger partial charge in [0.05, 0.1) is 11.2 Å². The Morgan fingerprint density at radius 3 is 3.14 bits per heavy atom. The topological polar surface area (TPSA) is 42.3 Å². The SMILES string of the molecule is Brc1ccc2c(c1)Cc1c(nc3c4cc[nH]c4ccn13)O2. The first-order chi connectivity index (χ1) is 10.3. The van der Waals surface area contributed by atoms with E-state index in [1.54, 1.807) is 0 Å². The van der Waals surface area contributed by atoms with E-state index in [9.17, 15) is 0 Å². The highest BCUT2D eigenvalue weighted by Gasteiger charge is 2.23. The molecule has 1 N–H and O–H groups in total. The molecule has 0 amide bonds. The second-order valence-electron chi connectivity index (χ2n) is 5.21. The molecule has 1 aliphatic heterocycles. The summed E-state index contributed by atoms with van der Waals surface area (Å²) in [6.07, 6.45) is 4.80. The van der Waals surface area contributed by atoms with Gasteiger partial charge in [-0.1, -0.05) is 15.9 Å². The Morgan fingerprint density at radius 1 is 1.24 bits per heavy atom. The third-order valence-corrected chi connectivity index (χ3v) is 4.46. The van der Waals surface area contributed by atoms with E-state index in [4.69, 9.17) is 4.74 Å². The van der Waals surface area contributed by atoms with Gasteiger partial charge in [0.1, 0.15) is 5.75 Å². The van der Waals surface area contributed by atoms with Gasteiger partial charge in [-0.3, -0.25) is 4.40 Å². The van der Waals surface area contributed by atoms with Crippen molar-refractivity contribution in [2.75, 3.05) is 0 Å². The van der Waals surface area contributed by atoms with Crippen LogP contribution in [0.15, 0.2) is 47.2 Å². The van der Waals surface area contributed by atoms with Crippen LogP contribution in [0.3, 0.4) is 0 Å². The molecule has 21 heavy (non-hydrogen) atoms. The zero-order chi connectivity index (χ0) is 14.0. The number of imidazole rings is 1. The predicted octanol–water partition coefficient (Wildman–Crippen LogP) is 4.27. The Morgan fingerprint density at radius 2 is 2.19 bits per heavy atom. The fourth-order valence-corrected chi connectivity index (χ4v) is 3.38. The summed E-state index contributed by atoms with van der Waals surface area (Å²) < 4.78 is 9.17. The fourth-order valence-electron chi connectivity index (χ4n) is 2.97. The van der Waals surface area contributed by atoms with E-state index >= 15 is 0 Å². The molecule has 102 valence electrons. The van der Waals surface area contributed by atoms with Crippen LogP contribution >= 0.6 is 15.9 Å². The first-order valence-corrected chi connectivity index (χ1v) is 7.52. The van der Waals surface area contributed by atoms with Gasteiger partial charge in [-0.05, 0) is 30.3 Å². The quantitative estimate of drug-likeness (QED) is 0.457. The number of hydrogen-bond acceptors (Lipinski definition) is 2. The Labute approximate surface area is 128 Å². The van der Waals surface area contributed by atoms with Crippen molar-refractivity contribution in [1.29, 1.82) is 0 Å². The highest BCUT2D eigenvalue weighted by atomic mass is 79.9. The number of aromatic nitrogens is 3. The summed E-state index contributed by atoms with van der Waals surface area (Å²) in [5, 5.41) is 1.11. The molecule has 0 saturated carbocycles. The molecular formula is C16H10BrN3O. The number of halogens is 1. The van der Waals surface area contributed by atoms with Gasteiger partial charge < -0.3 is 9.72 Å². The van der Waals surface area contributed by atoms with Gasteiger partial charge in [-0.15, -0.1) is 0 Å². The van der Waals surface area contributed by atoms with E-state index < -0.39 is 0 Å². The number of aromatic amines is 1. The van der Waals surface area contributed by atoms with E-state index in [0.29, 0.717) is 5.88 Å². The molecule has 4 heterocycles. The van der Waals surface area contributed by atoms with Crippen LogP contribution in [0.4, 0.5) is 0 Å². The van der Waals surface area contributed by atoms with Gasteiger partial charge in [-0.25, -0.2) is 0 Å². The van der Waals surface area contributed by atoms with E-state index in [1.807, 2.05) is 30.6 Å². The van der Waals surface area contributed by atoms with Crippen molar-refractivity contribution in [2.24, 2.45) is 0 Å². The molecule has 1 aliphatic rings. The summed E-state index contributed by atoms with van der Waals surface area (Å²) in [5.41, 5.74) is 4.29. The number of benzene rings is 1. The minimum atomic E-state index is 0.707. The van der Waals surface area contributed by atoms with Crippen molar-refractivity contribution >= 4 is 32.5 Å². The second-order valence-corrected chi connectivity index (χ2v) is 6.12. The Kier molecular flexibility index (Phi) is 2.11. The second kappa shape index (κ2) is 3.89. The van der Waals surface area contributed by atoms with Crippen molar-refractivity contribution in [3.63, 3.8) is 0 Å². The summed E-state index contributed by atoms with van der Waals surface area (Å²) in [5.74, 6) is 1.60. The number of hydrogen-bond donors (Lipinski definition) is 1. The molecule has 0 aliphatic carbocycles. The normalized spacial score (nSPS) is 13.2. The Bertz CT molecular complexity index is 1020. The Balaban J connectivity index is 1.80. The minimum absolute atomic E-state index is 0.707. The van der Waals surface area contributed by atoms with Gasteiger partial charge >= 0.3 is 0 Å². The number of nitrogens with zero attached hydrogens (tertiary/aromatic N) is 2. The minimum Gasteiger partial charge on any atom is -0.437 e. The largest absolute Gasteiger partial charge is 0.437 e. The maximum absolute atomic E-state index is 5.98. The predicted molar refractivity (Wildman–Crippen MR) is 84.1 cm³/mol. The van der Waals surface area contributed by atoms with Crippen molar-refractivity contribution in [2.45, 2.75) is 6.42 Å². The number of H-pyrrole nitrogens is 1. The van der Waals surface area contributed by atoms with Gasteiger partial charge in [-0.2, -0.15) is 4.98 Å². The van der Waals surface area contributed by atoms with Gasteiger partial charge in [0, 0.05) is 34.2 Å². The zero-order valence-corrected chi connectivity index (χ0v) is 12.5. The van der Waals surface area contributed by atoms with Crippen molar-refractivity contribution in [3.8, 4) is 11.6 Å². The first-order valence-electron chi connectivity index (χ1n) is 6.73. The zero-order valence-electron chi connectivity index (χ0n) is 10.9. The molecule has 4 aromatic rings. The van der Waals surface area contributed by atoms with Crippen molar-refractivity contribution < 1.29 is 4.74 Å². The van der Waals surface area contributed by atoms with Gasteiger partial charge in [0.25, 0.3) is 0 Å². The lowest BCUT2D eigenvalue weighted by Crippen LogP contribution is -2.04. The summed E-state index contributed by atoms with van der Waals surface area (Å²) in [6, 6.07) is 10.2. The van der Waals surface area contributed by atoms with Gasteiger partial charge in [0.15, 0.2) is 5.65 Å². The first kappa shape index (κ1) is 11.4. The molecule has 0 fully saturated rings. The van der Waals surface area contributed by atoms with Crippen LogP contribution in [0, 0.1) is 0 Å². The Hall–Kier alpha value is -2.27. The van der Waals surface area contributed by atoms with E-state index in [1.165, 1.54) is 5.56 Å². The van der Waals surface area contributed by atoms with Crippen LogP contribution in [-0.4, -0.2) is 14.4 Å². The highest BCUT2D eigenvalue weighted by molar-refractivity contribution is 9.10. The average Bonchev–Trinajstić information content (AvgIpc) is 3.08. The number of pyridine rings is 1. The third-order valence-electron chi connectivity index (χ3n) is 3.97. The number of nitrogens with one attached hydrogen (secondary N) is 1. The van der Waals surface area contributed by atoms with Crippen LogP contribution in [0.2, 0.25) is 0 Å². The fraction of sp³-hybridized carbons (Fsp3) is 0.0625. The summed E-state index contributed by atoms with van der Waals surface area (Å²) >= 11 is 3.52. The molecule has 4 nitrogen and oxygen atoms in total. The molecule has 0 unspecified atom stereocenters. The van der Waals surface area contributed by atoms with Crippen LogP contribution in [-0.2, 0) is 6.42 Å². The van der Waals surface area contributed by atoms with Gasteiger partial charge in [0.2, 0.25) is 5.88 Å². The molecule has 3 aromatic heterocycles. The van der Waals surface area contributed by atoms with Crippen molar-refractivity contribution in [3.05, 3.63) is 58.5 Å². The van der Waals surface area contributed by atoms with Crippen LogP contribution in [0.1, 0.15) is 11.3 Å². The lowest BCUT2D eigenvalue weighted by molar-refractivity contribution is 0.443. The molecule has 0 atom stereocenters. The van der Waals surface area contributed by atoms with Crippen molar-refractivity contribution in [1.82, 2.24) is 14.4 Å².